The van der Waals surface area contributed by atoms with Gasteiger partial charge in [0.15, 0.2) is 0 Å². The van der Waals surface area contributed by atoms with E-state index in [1.807, 2.05) is 19.1 Å². The van der Waals surface area contributed by atoms with Crippen LogP contribution in [0.3, 0.4) is 0 Å². The Morgan fingerprint density at radius 1 is 0.971 bits per heavy atom. The molecule has 3 aromatic carbocycles. The first kappa shape index (κ1) is 22.3. The van der Waals surface area contributed by atoms with E-state index in [0.717, 1.165) is 36.2 Å². The molecule has 1 heterocycles. The van der Waals surface area contributed by atoms with Gasteiger partial charge in [0, 0.05) is 18.8 Å². The molecule has 5 rings (SSSR count). The standard InChI is InChI=1S/C30H30N2O2/c1-20-14-15-22(16-27(20)30(33)34-2)28-17-24(32-29-13-6-5-12-26(28)29)19-31-18-23-10-7-9-21-8-3-4-11-25(21)23/h3-4,7-11,14-17,31H,5-6,12-13,18-19H2,1-2H3. The maximum atomic E-state index is 12.3. The second-order valence-electron chi connectivity index (χ2n) is 9.06. The number of ether oxygens (including phenoxy) is 1. The van der Waals surface area contributed by atoms with Crippen molar-refractivity contribution < 1.29 is 9.53 Å². The van der Waals surface area contributed by atoms with Gasteiger partial charge in [0.25, 0.3) is 0 Å². The van der Waals surface area contributed by atoms with Gasteiger partial charge in [-0.1, -0.05) is 54.6 Å². The van der Waals surface area contributed by atoms with Crippen molar-refractivity contribution in [3.05, 3.63) is 100 Å². The molecule has 1 aliphatic rings. The molecule has 0 bridgehead atoms. The number of rotatable bonds is 6. The third-order valence-corrected chi connectivity index (χ3v) is 6.81. The summed E-state index contributed by atoms with van der Waals surface area (Å²) in [6, 6.07) is 23.2. The Hall–Kier alpha value is -3.50. The van der Waals surface area contributed by atoms with E-state index in [2.05, 4.69) is 59.9 Å². The van der Waals surface area contributed by atoms with Crippen LogP contribution in [0.25, 0.3) is 21.9 Å². The molecule has 1 aliphatic carbocycles. The first-order valence-electron chi connectivity index (χ1n) is 12.0. The van der Waals surface area contributed by atoms with Crippen molar-refractivity contribution in [3.63, 3.8) is 0 Å². The van der Waals surface area contributed by atoms with Crippen molar-refractivity contribution in [2.45, 2.75) is 45.7 Å². The van der Waals surface area contributed by atoms with E-state index >= 15 is 0 Å². The summed E-state index contributed by atoms with van der Waals surface area (Å²) < 4.78 is 5.01. The van der Waals surface area contributed by atoms with Crippen LogP contribution in [-0.4, -0.2) is 18.1 Å². The minimum absolute atomic E-state index is 0.292. The van der Waals surface area contributed by atoms with Crippen LogP contribution in [0, 0.1) is 6.92 Å². The van der Waals surface area contributed by atoms with Crippen LogP contribution in [0.4, 0.5) is 0 Å². The fourth-order valence-corrected chi connectivity index (χ4v) is 5.00. The van der Waals surface area contributed by atoms with Gasteiger partial charge < -0.3 is 10.1 Å². The summed E-state index contributed by atoms with van der Waals surface area (Å²) in [6.45, 7) is 3.42. The van der Waals surface area contributed by atoms with Crippen molar-refractivity contribution in [1.29, 1.82) is 0 Å². The molecule has 0 saturated heterocycles. The molecule has 4 heteroatoms. The quantitative estimate of drug-likeness (QED) is 0.357. The highest BCUT2D eigenvalue weighted by atomic mass is 16.5. The number of pyridine rings is 1. The fourth-order valence-electron chi connectivity index (χ4n) is 5.00. The Labute approximate surface area is 201 Å². The fraction of sp³-hybridized carbons (Fsp3) is 0.267. The summed E-state index contributed by atoms with van der Waals surface area (Å²) in [5, 5.41) is 6.15. The molecule has 0 amide bonds. The lowest BCUT2D eigenvalue weighted by molar-refractivity contribution is 0.0600. The number of esters is 1. The van der Waals surface area contributed by atoms with Gasteiger partial charge in [-0.25, -0.2) is 4.79 Å². The second-order valence-corrected chi connectivity index (χ2v) is 9.06. The minimum Gasteiger partial charge on any atom is -0.465 e. The van der Waals surface area contributed by atoms with E-state index in [1.54, 1.807) is 0 Å². The Bertz CT molecular complexity index is 1350. The second kappa shape index (κ2) is 9.78. The maximum Gasteiger partial charge on any atom is 0.338 e. The lowest BCUT2D eigenvalue weighted by Crippen LogP contribution is -2.16. The maximum absolute atomic E-state index is 12.3. The van der Waals surface area contributed by atoms with Gasteiger partial charge in [0.1, 0.15) is 0 Å². The Morgan fingerprint density at radius 3 is 2.68 bits per heavy atom. The summed E-state index contributed by atoms with van der Waals surface area (Å²) in [5.41, 5.74) is 8.65. The molecule has 0 atom stereocenters. The molecule has 0 spiro atoms. The first-order valence-corrected chi connectivity index (χ1v) is 12.0. The van der Waals surface area contributed by atoms with Gasteiger partial charge in [0.05, 0.1) is 18.4 Å². The number of nitrogens with zero attached hydrogens (tertiary/aromatic N) is 1. The molecule has 0 unspecified atom stereocenters. The average Bonchev–Trinajstić information content (AvgIpc) is 2.88. The van der Waals surface area contributed by atoms with E-state index in [-0.39, 0.29) is 5.97 Å². The number of hydrogen-bond acceptors (Lipinski definition) is 4. The number of nitrogens with one attached hydrogen (secondary N) is 1. The van der Waals surface area contributed by atoms with Crippen LogP contribution >= 0.6 is 0 Å². The molecule has 1 N–H and O–H groups in total. The predicted molar refractivity (Wildman–Crippen MR) is 137 cm³/mol. The van der Waals surface area contributed by atoms with Crippen molar-refractivity contribution in [3.8, 4) is 11.1 Å². The third kappa shape index (κ3) is 4.46. The monoisotopic (exact) mass is 450 g/mol. The predicted octanol–water partition coefficient (Wildman–Crippen LogP) is 6.17. The molecule has 1 aromatic heterocycles. The van der Waals surface area contributed by atoms with Crippen molar-refractivity contribution in [1.82, 2.24) is 10.3 Å². The van der Waals surface area contributed by atoms with Gasteiger partial charge in [-0.05, 0) is 83.3 Å². The van der Waals surface area contributed by atoms with Crippen LogP contribution in [0.5, 0.6) is 0 Å². The number of benzene rings is 3. The lowest BCUT2D eigenvalue weighted by Gasteiger charge is -2.21. The topological polar surface area (TPSA) is 51.2 Å². The van der Waals surface area contributed by atoms with E-state index in [1.165, 1.54) is 53.1 Å². The third-order valence-electron chi connectivity index (χ3n) is 6.81. The number of aromatic nitrogens is 1. The highest BCUT2D eigenvalue weighted by molar-refractivity contribution is 5.93. The van der Waals surface area contributed by atoms with Crippen molar-refractivity contribution in [2.75, 3.05) is 7.11 Å². The summed E-state index contributed by atoms with van der Waals surface area (Å²) in [4.78, 5) is 17.3. The van der Waals surface area contributed by atoms with E-state index in [0.29, 0.717) is 12.1 Å². The van der Waals surface area contributed by atoms with Crippen molar-refractivity contribution in [2.24, 2.45) is 0 Å². The van der Waals surface area contributed by atoms with Crippen LogP contribution in [0.1, 0.15) is 51.3 Å². The van der Waals surface area contributed by atoms with Crippen LogP contribution in [0.2, 0.25) is 0 Å². The molecule has 0 saturated carbocycles. The summed E-state index contributed by atoms with van der Waals surface area (Å²) in [7, 11) is 1.43. The average molecular weight is 451 g/mol. The van der Waals surface area contributed by atoms with Gasteiger partial charge in [0.2, 0.25) is 0 Å². The molecular weight excluding hydrogens is 420 g/mol. The SMILES string of the molecule is COC(=O)c1cc(-c2cc(CNCc3cccc4ccccc34)nc3c2CCCC3)ccc1C. The molecule has 4 aromatic rings. The Kier molecular flexibility index (Phi) is 6.41. The van der Waals surface area contributed by atoms with Gasteiger partial charge in [-0.2, -0.15) is 0 Å². The number of methoxy groups -OCH3 is 1. The van der Waals surface area contributed by atoms with Gasteiger partial charge in [-0.15, -0.1) is 0 Å². The number of aryl methyl sites for hydroxylation is 2. The Morgan fingerprint density at radius 2 is 1.79 bits per heavy atom. The molecule has 0 aliphatic heterocycles. The summed E-state index contributed by atoms with van der Waals surface area (Å²) in [5.74, 6) is -0.292. The van der Waals surface area contributed by atoms with E-state index < -0.39 is 0 Å². The molecule has 34 heavy (non-hydrogen) atoms. The molecule has 0 fully saturated rings. The van der Waals surface area contributed by atoms with Gasteiger partial charge in [-0.3, -0.25) is 4.98 Å². The summed E-state index contributed by atoms with van der Waals surface area (Å²) in [6.07, 6.45) is 4.39. The van der Waals surface area contributed by atoms with Crippen LogP contribution in [-0.2, 0) is 30.7 Å². The zero-order chi connectivity index (χ0) is 23.5. The normalized spacial score (nSPS) is 13.0. The van der Waals surface area contributed by atoms with Crippen LogP contribution in [0.15, 0.2) is 66.7 Å². The number of carbonyl (C=O) groups excluding carboxylic acids is 1. The minimum atomic E-state index is -0.292. The Balaban J connectivity index is 1.44. The lowest BCUT2D eigenvalue weighted by atomic mass is 9.88. The first-order chi connectivity index (χ1) is 16.6. The summed E-state index contributed by atoms with van der Waals surface area (Å²) >= 11 is 0. The van der Waals surface area contributed by atoms with E-state index in [4.69, 9.17) is 9.72 Å². The molecular formula is C30H30N2O2. The number of carbonyl (C=O) groups is 1. The highest BCUT2D eigenvalue weighted by Gasteiger charge is 2.19. The number of hydrogen-bond donors (Lipinski definition) is 1. The smallest absolute Gasteiger partial charge is 0.338 e. The number of fused-ring (bicyclic) bond motifs is 2. The highest BCUT2D eigenvalue weighted by Crippen LogP contribution is 2.33. The zero-order valence-electron chi connectivity index (χ0n) is 19.9. The van der Waals surface area contributed by atoms with E-state index in [9.17, 15) is 4.79 Å². The molecule has 4 nitrogen and oxygen atoms in total. The molecule has 0 radical (unpaired) electrons. The largest absolute Gasteiger partial charge is 0.465 e. The van der Waals surface area contributed by atoms with Crippen molar-refractivity contribution >= 4 is 16.7 Å². The molecule has 172 valence electrons. The van der Waals surface area contributed by atoms with Gasteiger partial charge >= 0.3 is 5.97 Å². The van der Waals surface area contributed by atoms with Crippen LogP contribution < -0.4 is 5.32 Å². The zero-order valence-corrected chi connectivity index (χ0v) is 19.9.